The molecule has 0 saturated carbocycles. The number of carbonyl (C=O) groups is 1. The predicted octanol–water partition coefficient (Wildman–Crippen LogP) is 2.78. The summed E-state index contributed by atoms with van der Waals surface area (Å²) in [6, 6.07) is 11.0. The van der Waals surface area contributed by atoms with Gasteiger partial charge in [-0.1, -0.05) is 50.6 Å². The fourth-order valence-corrected chi connectivity index (χ4v) is 2.53. The largest absolute Gasteiger partial charge is 0.508 e. The predicted molar refractivity (Wildman–Crippen MR) is 75.5 cm³/mol. The van der Waals surface area contributed by atoms with Crippen LogP contribution in [-0.2, 0) is 11.3 Å². The Labute approximate surface area is 118 Å². The third-order valence-electron chi connectivity index (χ3n) is 3.84. The molecule has 0 bridgehead atoms. The van der Waals surface area contributed by atoms with E-state index in [1.807, 2.05) is 50.2 Å². The monoisotopic (exact) mass is 270 g/mol. The molecule has 0 saturated heterocycles. The number of nitriles is 1. The number of carbonyl (C=O) groups excluding carboxylic acids is 1. The molecule has 2 rings (SSSR count). The van der Waals surface area contributed by atoms with Crippen molar-refractivity contribution in [2.24, 2.45) is 5.92 Å². The van der Waals surface area contributed by atoms with Crippen LogP contribution < -0.4 is 0 Å². The fraction of sp³-hybridized carbons (Fsp3) is 0.375. The zero-order valence-electron chi connectivity index (χ0n) is 11.7. The van der Waals surface area contributed by atoms with Crippen LogP contribution in [0.25, 0.3) is 0 Å². The van der Waals surface area contributed by atoms with Crippen LogP contribution in [0.4, 0.5) is 0 Å². The van der Waals surface area contributed by atoms with Crippen LogP contribution in [0.1, 0.15) is 25.8 Å². The highest BCUT2D eigenvalue weighted by molar-refractivity contribution is 6.00. The Morgan fingerprint density at radius 2 is 2.05 bits per heavy atom. The molecule has 0 aromatic heterocycles. The number of rotatable bonds is 4. The number of aliphatic hydroxyl groups is 1. The zero-order valence-corrected chi connectivity index (χ0v) is 11.7. The molecule has 1 heterocycles. The molecular formula is C16H18N2O2. The first-order valence-electron chi connectivity index (χ1n) is 6.78. The zero-order chi connectivity index (χ0) is 14.7. The molecule has 1 aromatic rings. The first-order chi connectivity index (χ1) is 9.60. The molecule has 4 heteroatoms. The minimum atomic E-state index is -0.401. The Kier molecular flexibility index (Phi) is 4.09. The van der Waals surface area contributed by atoms with E-state index in [0.717, 1.165) is 12.0 Å². The Hall–Kier alpha value is -2.28. The summed E-state index contributed by atoms with van der Waals surface area (Å²) in [5, 5.41) is 19.2. The van der Waals surface area contributed by atoms with Crippen molar-refractivity contribution >= 4 is 5.91 Å². The smallest absolute Gasteiger partial charge is 0.268 e. The lowest BCUT2D eigenvalue weighted by Gasteiger charge is -2.29. The first kappa shape index (κ1) is 14.1. The van der Waals surface area contributed by atoms with Crippen molar-refractivity contribution in [3.63, 3.8) is 0 Å². The lowest BCUT2D eigenvalue weighted by Crippen LogP contribution is -2.39. The van der Waals surface area contributed by atoms with Crippen LogP contribution in [0, 0.1) is 17.2 Å². The van der Waals surface area contributed by atoms with E-state index >= 15 is 0 Å². The summed E-state index contributed by atoms with van der Waals surface area (Å²) in [6.45, 7) is 4.39. The van der Waals surface area contributed by atoms with Gasteiger partial charge < -0.3 is 10.0 Å². The van der Waals surface area contributed by atoms with Crippen LogP contribution in [0.5, 0.6) is 0 Å². The van der Waals surface area contributed by atoms with Crippen molar-refractivity contribution < 1.29 is 9.90 Å². The standard InChI is InChI=1S/C16H18N2O2/c1-3-11(2)14-15(19)13(9-17)16(20)18(14)10-12-7-5-4-6-8-12/h4-8,11,14,19H,3,10H2,1-2H3/t11-,14-/m0/s1. The number of aliphatic hydroxyl groups excluding tert-OH is 1. The molecule has 0 radical (unpaired) electrons. The lowest BCUT2D eigenvalue weighted by molar-refractivity contribution is -0.128. The highest BCUT2D eigenvalue weighted by atomic mass is 16.3. The summed E-state index contributed by atoms with van der Waals surface area (Å²) < 4.78 is 0. The van der Waals surface area contributed by atoms with Crippen molar-refractivity contribution in [3.05, 3.63) is 47.2 Å². The summed E-state index contributed by atoms with van der Waals surface area (Å²) in [5.74, 6) is -0.351. The van der Waals surface area contributed by atoms with Gasteiger partial charge in [-0.15, -0.1) is 0 Å². The molecule has 0 unspecified atom stereocenters. The molecule has 1 amide bonds. The van der Waals surface area contributed by atoms with E-state index in [-0.39, 0.29) is 23.2 Å². The first-order valence-corrected chi connectivity index (χ1v) is 6.78. The maximum atomic E-state index is 12.3. The van der Waals surface area contributed by atoms with Crippen molar-refractivity contribution in [2.45, 2.75) is 32.9 Å². The second-order valence-corrected chi connectivity index (χ2v) is 5.12. The summed E-state index contributed by atoms with van der Waals surface area (Å²) in [7, 11) is 0. The summed E-state index contributed by atoms with van der Waals surface area (Å²) >= 11 is 0. The molecule has 0 aliphatic carbocycles. The Morgan fingerprint density at radius 1 is 1.40 bits per heavy atom. The lowest BCUT2D eigenvalue weighted by atomic mass is 9.97. The van der Waals surface area contributed by atoms with E-state index in [2.05, 4.69) is 0 Å². The van der Waals surface area contributed by atoms with Crippen LogP contribution in [0.2, 0.25) is 0 Å². The maximum absolute atomic E-state index is 12.3. The molecule has 4 nitrogen and oxygen atoms in total. The van der Waals surface area contributed by atoms with Gasteiger partial charge in [0.1, 0.15) is 11.8 Å². The molecule has 1 aromatic carbocycles. The SMILES string of the molecule is CC[C@H](C)[C@H]1C(O)=C(C#N)C(=O)N1Cc1ccccc1. The van der Waals surface area contributed by atoms with E-state index in [4.69, 9.17) is 5.26 Å². The van der Waals surface area contributed by atoms with Crippen LogP contribution >= 0.6 is 0 Å². The average Bonchev–Trinajstić information content (AvgIpc) is 2.70. The number of nitrogens with zero attached hydrogens (tertiary/aromatic N) is 2. The normalized spacial score (nSPS) is 20.1. The summed E-state index contributed by atoms with van der Waals surface area (Å²) in [4.78, 5) is 13.9. The maximum Gasteiger partial charge on any atom is 0.268 e. The van der Waals surface area contributed by atoms with Gasteiger partial charge in [0, 0.05) is 6.54 Å². The molecule has 2 atom stereocenters. The van der Waals surface area contributed by atoms with Gasteiger partial charge in [-0.2, -0.15) is 5.26 Å². The molecular weight excluding hydrogens is 252 g/mol. The van der Waals surface area contributed by atoms with Crippen LogP contribution in [0.3, 0.4) is 0 Å². The third-order valence-corrected chi connectivity index (χ3v) is 3.84. The second-order valence-electron chi connectivity index (χ2n) is 5.12. The van der Waals surface area contributed by atoms with E-state index in [1.54, 1.807) is 4.90 Å². The number of hydrogen-bond donors (Lipinski definition) is 1. The number of hydrogen-bond acceptors (Lipinski definition) is 3. The molecule has 1 aliphatic heterocycles. The van der Waals surface area contributed by atoms with Gasteiger partial charge >= 0.3 is 0 Å². The topological polar surface area (TPSA) is 64.3 Å². The molecule has 20 heavy (non-hydrogen) atoms. The highest BCUT2D eigenvalue weighted by Gasteiger charge is 2.41. The summed E-state index contributed by atoms with van der Waals surface area (Å²) in [5.41, 5.74) is 0.868. The highest BCUT2D eigenvalue weighted by Crippen LogP contribution is 2.31. The second kappa shape index (κ2) is 5.79. The van der Waals surface area contributed by atoms with E-state index in [9.17, 15) is 9.90 Å². The minimum Gasteiger partial charge on any atom is -0.508 e. The third kappa shape index (κ3) is 2.39. The van der Waals surface area contributed by atoms with Crippen LogP contribution in [-0.4, -0.2) is 22.0 Å². The minimum absolute atomic E-state index is 0.0808. The van der Waals surface area contributed by atoms with Gasteiger partial charge in [-0.05, 0) is 11.5 Å². The Balaban J connectivity index is 2.32. The van der Waals surface area contributed by atoms with Gasteiger partial charge in [0.15, 0.2) is 5.57 Å². The van der Waals surface area contributed by atoms with Crippen LogP contribution in [0.15, 0.2) is 41.7 Å². The molecule has 0 fully saturated rings. The fourth-order valence-electron chi connectivity index (χ4n) is 2.53. The summed E-state index contributed by atoms with van der Waals surface area (Å²) in [6.07, 6.45) is 0.825. The number of benzene rings is 1. The Bertz CT molecular complexity index is 572. The van der Waals surface area contributed by atoms with Crippen molar-refractivity contribution in [3.8, 4) is 6.07 Å². The van der Waals surface area contributed by atoms with Gasteiger partial charge in [0.25, 0.3) is 5.91 Å². The average molecular weight is 270 g/mol. The van der Waals surface area contributed by atoms with Crippen molar-refractivity contribution in [2.75, 3.05) is 0 Å². The molecule has 0 spiro atoms. The van der Waals surface area contributed by atoms with E-state index in [0.29, 0.717) is 6.54 Å². The van der Waals surface area contributed by atoms with E-state index < -0.39 is 6.04 Å². The van der Waals surface area contributed by atoms with Gasteiger partial charge in [-0.25, -0.2) is 0 Å². The number of amides is 1. The van der Waals surface area contributed by atoms with Gasteiger partial charge in [0.05, 0.1) is 6.04 Å². The Morgan fingerprint density at radius 3 is 2.60 bits per heavy atom. The molecule has 1 N–H and O–H groups in total. The van der Waals surface area contributed by atoms with Gasteiger partial charge in [0.2, 0.25) is 0 Å². The van der Waals surface area contributed by atoms with Crippen molar-refractivity contribution in [1.82, 2.24) is 4.90 Å². The van der Waals surface area contributed by atoms with E-state index in [1.165, 1.54) is 0 Å². The molecule has 104 valence electrons. The quantitative estimate of drug-likeness (QED) is 0.915. The van der Waals surface area contributed by atoms with Crippen molar-refractivity contribution in [1.29, 1.82) is 5.26 Å². The molecule has 1 aliphatic rings. The van der Waals surface area contributed by atoms with Gasteiger partial charge in [-0.3, -0.25) is 4.79 Å².